The highest BCUT2D eigenvalue weighted by Crippen LogP contribution is 2.34. The molecular weight excluding hydrogens is 442 g/mol. The van der Waals surface area contributed by atoms with Crippen LogP contribution in [-0.4, -0.2) is 42.5 Å². The Balaban J connectivity index is 1.38. The number of amides is 1. The van der Waals surface area contributed by atoms with Crippen LogP contribution in [0, 0.1) is 11.6 Å². The highest BCUT2D eigenvalue weighted by atomic mass is 19.2. The SMILES string of the molecule is O=C(c1nnc(-c2ccc(F)c(F)c2)o1)N1CCc2[nH]cnc2[C@@H]1c1ccc2ccccc2n1. The number of hydrogen-bond acceptors (Lipinski definition) is 6. The van der Waals surface area contributed by atoms with Gasteiger partial charge in [-0.25, -0.2) is 13.8 Å². The smallest absolute Gasteiger partial charge is 0.312 e. The van der Waals surface area contributed by atoms with Gasteiger partial charge in [-0.1, -0.05) is 24.3 Å². The van der Waals surface area contributed by atoms with E-state index >= 15 is 0 Å². The van der Waals surface area contributed by atoms with Crippen molar-refractivity contribution in [2.75, 3.05) is 6.54 Å². The van der Waals surface area contributed by atoms with Crippen molar-refractivity contribution in [1.29, 1.82) is 0 Å². The van der Waals surface area contributed by atoms with Crippen LogP contribution in [0.25, 0.3) is 22.4 Å². The monoisotopic (exact) mass is 458 g/mol. The number of aromatic amines is 1. The van der Waals surface area contributed by atoms with Gasteiger partial charge in [0.15, 0.2) is 11.6 Å². The van der Waals surface area contributed by atoms with Gasteiger partial charge in [0.1, 0.15) is 6.04 Å². The Morgan fingerprint density at radius 2 is 1.94 bits per heavy atom. The summed E-state index contributed by atoms with van der Waals surface area (Å²) in [6.07, 6.45) is 2.16. The van der Waals surface area contributed by atoms with Gasteiger partial charge in [0, 0.05) is 29.6 Å². The van der Waals surface area contributed by atoms with Crippen LogP contribution in [0.4, 0.5) is 8.78 Å². The maximum absolute atomic E-state index is 13.6. The molecule has 0 aliphatic carbocycles. The number of imidazole rings is 1. The minimum absolute atomic E-state index is 0.0832. The zero-order chi connectivity index (χ0) is 23.2. The molecule has 3 aromatic heterocycles. The molecule has 1 N–H and O–H groups in total. The van der Waals surface area contributed by atoms with Crippen LogP contribution in [0.5, 0.6) is 0 Å². The second kappa shape index (κ2) is 7.84. The maximum Gasteiger partial charge on any atom is 0.312 e. The van der Waals surface area contributed by atoms with Crippen LogP contribution in [0.2, 0.25) is 0 Å². The third-order valence-corrected chi connectivity index (χ3v) is 5.86. The average molecular weight is 458 g/mol. The lowest BCUT2D eigenvalue weighted by atomic mass is 9.98. The summed E-state index contributed by atoms with van der Waals surface area (Å²) in [6.45, 7) is 0.371. The van der Waals surface area contributed by atoms with Gasteiger partial charge < -0.3 is 14.3 Å². The van der Waals surface area contributed by atoms with Crippen molar-refractivity contribution in [3.8, 4) is 11.5 Å². The summed E-state index contributed by atoms with van der Waals surface area (Å²) in [5.41, 5.74) is 3.25. The summed E-state index contributed by atoms with van der Waals surface area (Å²) in [5, 5.41) is 8.71. The molecule has 34 heavy (non-hydrogen) atoms. The third kappa shape index (κ3) is 3.31. The van der Waals surface area contributed by atoms with Crippen molar-refractivity contribution in [1.82, 2.24) is 30.0 Å². The molecule has 0 spiro atoms. The van der Waals surface area contributed by atoms with Crippen LogP contribution in [0.1, 0.15) is 33.8 Å². The molecule has 2 aromatic carbocycles. The fourth-order valence-electron chi connectivity index (χ4n) is 4.21. The fraction of sp³-hybridized carbons (Fsp3) is 0.125. The van der Waals surface area contributed by atoms with E-state index in [9.17, 15) is 13.6 Å². The molecule has 0 bridgehead atoms. The molecule has 168 valence electrons. The number of carbonyl (C=O) groups excluding carboxylic acids is 1. The lowest BCUT2D eigenvalue weighted by Crippen LogP contribution is -2.41. The van der Waals surface area contributed by atoms with E-state index in [2.05, 4.69) is 20.2 Å². The van der Waals surface area contributed by atoms with E-state index in [1.807, 2.05) is 36.4 Å². The van der Waals surface area contributed by atoms with Crippen LogP contribution >= 0.6 is 0 Å². The van der Waals surface area contributed by atoms with Crippen LogP contribution in [0.3, 0.4) is 0 Å². The third-order valence-electron chi connectivity index (χ3n) is 5.86. The Bertz CT molecular complexity index is 1550. The molecule has 1 amide bonds. The van der Waals surface area contributed by atoms with Crippen LogP contribution in [0.15, 0.2) is 65.3 Å². The number of nitrogens with one attached hydrogen (secondary N) is 1. The summed E-state index contributed by atoms with van der Waals surface area (Å²) in [6, 6.07) is 14.2. The molecule has 1 aliphatic heterocycles. The minimum Gasteiger partial charge on any atom is -0.412 e. The first-order valence-corrected chi connectivity index (χ1v) is 10.6. The van der Waals surface area contributed by atoms with Gasteiger partial charge in [-0.3, -0.25) is 9.78 Å². The van der Waals surface area contributed by atoms with Crippen molar-refractivity contribution in [2.24, 2.45) is 0 Å². The standard InChI is InChI=1S/C24H16F2N6O2/c25-15-7-5-14(11-16(15)26)22-30-31-23(34-22)24(33)32-10-9-18-20(28-12-27-18)21(32)19-8-6-13-3-1-2-4-17(13)29-19/h1-8,11-12,21H,9-10H2,(H,27,28)/t21-/m0/s1. The predicted molar refractivity (Wildman–Crippen MR) is 117 cm³/mol. The Kier molecular flexibility index (Phi) is 4.65. The number of rotatable bonds is 3. The van der Waals surface area contributed by atoms with Gasteiger partial charge in [-0.2, -0.15) is 0 Å². The number of nitrogens with zero attached hydrogens (tertiary/aromatic N) is 5. The molecule has 6 rings (SSSR count). The van der Waals surface area contributed by atoms with Crippen LogP contribution < -0.4 is 0 Å². The summed E-state index contributed by atoms with van der Waals surface area (Å²) in [4.78, 5) is 27.4. The van der Waals surface area contributed by atoms with E-state index in [-0.39, 0.29) is 17.3 Å². The van der Waals surface area contributed by atoms with Crippen molar-refractivity contribution >= 4 is 16.8 Å². The minimum atomic E-state index is -1.05. The second-order valence-corrected chi connectivity index (χ2v) is 7.89. The number of pyridine rings is 1. The predicted octanol–water partition coefficient (Wildman–Crippen LogP) is 4.07. The topological polar surface area (TPSA) is 101 Å². The number of halogens is 2. The van der Waals surface area contributed by atoms with Gasteiger partial charge in [0.2, 0.25) is 5.89 Å². The molecule has 4 heterocycles. The van der Waals surface area contributed by atoms with Gasteiger partial charge in [-0.15, -0.1) is 10.2 Å². The van der Waals surface area contributed by atoms with E-state index in [0.29, 0.717) is 24.4 Å². The van der Waals surface area contributed by atoms with Gasteiger partial charge in [-0.05, 0) is 30.3 Å². The summed E-state index contributed by atoms with van der Waals surface area (Å²) in [5.74, 6) is -2.89. The number of aromatic nitrogens is 5. The largest absolute Gasteiger partial charge is 0.412 e. The number of para-hydroxylation sites is 1. The van der Waals surface area contributed by atoms with E-state index in [1.54, 1.807) is 11.2 Å². The van der Waals surface area contributed by atoms with Crippen molar-refractivity contribution in [2.45, 2.75) is 12.5 Å². The molecule has 10 heteroatoms. The van der Waals surface area contributed by atoms with Crippen molar-refractivity contribution < 1.29 is 18.0 Å². The van der Waals surface area contributed by atoms with Gasteiger partial charge in [0.25, 0.3) is 0 Å². The zero-order valence-corrected chi connectivity index (χ0v) is 17.6. The highest BCUT2D eigenvalue weighted by molar-refractivity contribution is 5.90. The van der Waals surface area contributed by atoms with E-state index < -0.39 is 23.6 Å². The number of hydrogen-bond donors (Lipinski definition) is 1. The molecule has 5 aromatic rings. The van der Waals surface area contributed by atoms with Crippen molar-refractivity contribution in [3.63, 3.8) is 0 Å². The number of H-pyrrole nitrogens is 1. The number of benzene rings is 2. The molecule has 1 atom stereocenters. The number of carbonyl (C=O) groups is 1. The van der Waals surface area contributed by atoms with Gasteiger partial charge >= 0.3 is 11.8 Å². The normalized spacial score (nSPS) is 15.5. The molecule has 0 fully saturated rings. The van der Waals surface area contributed by atoms with Crippen LogP contribution in [-0.2, 0) is 6.42 Å². The summed E-state index contributed by atoms with van der Waals surface area (Å²) >= 11 is 0. The molecular formula is C24H16F2N6O2. The molecule has 8 nitrogen and oxygen atoms in total. The molecule has 1 aliphatic rings. The summed E-state index contributed by atoms with van der Waals surface area (Å²) < 4.78 is 32.4. The first-order valence-electron chi connectivity index (χ1n) is 10.6. The second-order valence-electron chi connectivity index (χ2n) is 7.89. The quantitative estimate of drug-likeness (QED) is 0.437. The lowest BCUT2D eigenvalue weighted by molar-refractivity contribution is 0.0647. The van der Waals surface area contributed by atoms with E-state index in [4.69, 9.17) is 9.40 Å². The Hall–Kier alpha value is -4.47. The van der Waals surface area contributed by atoms with Gasteiger partial charge in [0.05, 0.1) is 23.2 Å². The first-order chi connectivity index (χ1) is 16.6. The lowest BCUT2D eigenvalue weighted by Gasteiger charge is -2.33. The molecule has 0 unspecified atom stereocenters. The fourth-order valence-corrected chi connectivity index (χ4v) is 4.21. The molecule has 0 saturated carbocycles. The Morgan fingerprint density at radius 3 is 2.82 bits per heavy atom. The maximum atomic E-state index is 13.6. The Labute approximate surface area is 191 Å². The molecule has 0 radical (unpaired) electrons. The zero-order valence-electron chi connectivity index (χ0n) is 17.6. The average Bonchev–Trinajstić information content (AvgIpc) is 3.54. The van der Waals surface area contributed by atoms with Crippen molar-refractivity contribution in [3.05, 3.63) is 95.5 Å². The molecule has 0 saturated heterocycles. The highest BCUT2D eigenvalue weighted by Gasteiger charge is 2.37. The Morgan fingerprint density at radius 1 is 1.06 bits per heavy atom. The van der Waals surface area contributed by atoms with E-state index in [1.165, 1.54) is 6.07 Å². The number of fused-ring (bicyclic) bond motifs is 2. The summed E-state index contributed by atoms with van der Waals surface area (Å²) in [7, 11) is 0. The first kappa shape index (κ1) is 20.2. The van der Waals surface area contributed by atoms with E-state index in [0.717, 1.165) is 28.7 Å².